The Hall–Kier alpha value is -6.92. The van der Waals surface area contributed by atoms with Crippen molar-refractivity contribution in [2.45, 2.75) is 45.4 Å². The van der Waals surface area contributed by atoms with Gasteiger partial charge in [0.05, 0.1) is 33.3 Å². The van der Waals surface area contributed by atoms with Gasteiger partial charge in [0.15, 0.2) is 0 Å². The Balaban J connectivity index is 1.29. The van der Waals surface area contributed by atoms with Crippen LogP contribution < -0.4 is 16.0 Å². The third-order valence-corrected chi connectivity index (χ3v) is 12.1. The van der Waals surface area contributed by atoms with Crippen LogP contribution in [-0.2, 0) is 45.3 Å². The highest BCUT2D eigenvalue weighted by atomic mass is 32.2. The molecule has 1 atom stereocenters. The molecule has 6 rings (SSSR count). The molecule has 0 saturated heterocycles. The van der Waals surface area contributed by atoms with Gasteiger partial charge in [-0.05, 0) is 91.3 Å². The Labute approximate surface area is 363 Å². The van der Waals surface area contributed by atoms with E-state index in [1.165, 1.54) is 60.7 Å². The van der Waals surface area contributed by atoms with E-state index in [0.717, 1.165) is 36.4 Å². The number of nitrogens with one attached hydrogen (secondary N) is 3. The van der Waals surface area contributed by atoms with Gasteiger partial charge < -0.3 is 21.1 Å². The van der Waals surface area contributed by atoms with Crippen LogP contribution in [0.1, 0.15) is 19.8 Å². The van der Waals surface area contributed by atoms with Gasteiger partial charge in [-0.25, -0.2) is 4.79 Å². The van der Waals surface area contributed by atoms with Gasteiger partial charge in [0.2, 0.25) is 17.8 Å². The van der Waals surface area contributed by atoms with Crippen LogP contribution in [0.5, 0.6) is 0 Å². The molecule has 0 saturated carbocycles. The van der Waals surface area contributed by atoms with Crippen molar-refractivity contribution in [3.8, 4) is 0 Å². The molecule has 28 heteroatoms. The van der Waals surface area contributed by atoms with Crippen LogP contribution in [0.15, 0.2) is 137 Å². The van der Waals surface area contributed by atoms with Crippen molar-refractivity contribution >= 4 is 109 Å². The Bertz CT molecular complexity index is 3300. The molecule has 334 valence electrons. The summed E-state index contributed by atoms with van der Waals surface area (Å²) in [6.45, 7) is 1.76. The number of carboxylic acids is 1. The number of aromatic nitrogens is 3. The van der Waals surface area contributed by atoms with Gasteiger partial charge in [-0.2, -0.15) is 69.1 Å². The van der Waals surface area contributed by atoms with Crippen molar-refractivity contribution in [3.05, 3.63) is 97.1 Å². The lowest BCUT2D eigenvalue weighted by Crippen LogP contribution is -2.30. The van der Waals surface area contributed by atoms with Gasteiger partial charge in [-0.3, -0.25) is 18.2 Å². The number of azo groups is 2. The van der Waals surface area contributed by atoms with Crippen LogP contribution >= 0.6 is 0 Å². The van der Waals surface area contributed by atoms with Crippen LogP contribution in [0.25, 0.3) is 10.8 Å². The summed E-state index contributed by atoms with van der Waals surface area (Å²) in [5, 5.41) is 33.4. The third-order valence-electron chi connectivity index (χ3n) is 8.58. The van der Waals surface area contributed by atoms with E-state index >= 15 is 0 Å². The summed E-state index contributed by atoms with van der Waals surface area (Å²) in [5.41, 5.74) is 0.0895. The Morgan fingerprint density at radius 3 is 1.64 bits per heavy atom. The van der Waals surface area contributed by atoms with E-state index in [1.807, 2.05) is 0 Å². The molecule has 1 heterocycles. The number of anilines is 5. The number of benzene rings is 5. The van der Waals surface area contributed by atoms with Crippen LogP contribution in [0.4, 0.5) is 52.0 Å². The predicted octanol–water partition coefficient (Wildman–Crippen LogP) is 6.99. The number of carboxylic acid groups (broad SMARTS) is 1. The van der Waals surface area contributed by atoms with Crippen molar-refractivity contribution < 1.29 is 61.8 Å². The molecular weight excluding hydrogens is 925 g/mol. The van der Waals surface area contributed by atoms with Crippen LogP contribution in [0.2, 0.25) is 0 Å². The normalized spacial score (nSPS) is 13.0. The zero-order valence-corrected chi connectivity index (χ0v) is 35.7. The fourth-order valence-electron chi connectivity index (χ4n) is 5.73. The Morgan fingerprint density at radius 2 is 1.08 bits per heavy atom. The topological polar surface area (TPSA) is 379 Å². The monoisotopic (exact) mass is 956 g/mol. The number of nitrogens with zero attached hydrogens (tertiary/aromatic N) is 7. The number of carbonyl (C=O) groups is 1. The summed E-state index contributed by atoms with van der Waals surface area (Å²) in [4.78, 5) is 22.3. The second kappa shape index (κ2) is 18.4. The molecule has 0 radical (unpaired) electrons. The summed E-state index contributed by atoms with van der Waals surface area (Å²) >= 11 is 0. The van der Waals surface area contributed by atoms with E-state index in [1.54, 1.807) is 6.92 Å². The van der Waals surface area contributed by atoms with Crippen LogP contribution in [0, 0.1) is 0 Å². The number of hydrogen-bond acceptors (Lipinski definition) is 19. The van der Waals surface area contributed by atoms with Crippen molar-refractivity contribution in [2.24, 2.45) is 20.5 Å². The highest BCUT2D eigenvalue weighted by Gasteiger charge is 2.23. The van der Waals surface area contributed by atoms with E-state index in [4.69, 9.17) is 0 Å². The summed E-state index contributed by atoms with van der Waals surface area (Å²) < 4.78 is 135. The van der Waals surface area contributed by atoms with Crippen LogP contribution in [0.3, 0.4) is 0 Å². The molecule has 8 N–H and O–H groups in total. The maximum atomic E-state index is 12.5. The van der Waals surface area contributed by atoms with E-state index in [9.17, 15) is 61.8 Å². The fraction of sp³-hybridized carbons (Fsp3) is 0.111. The summed E-state index contributed by atoms with van der Waals surface area (Å²) in [7, 11) is -19.2. The molecule has 0 bridgehead atoms. The average Bonchev–Trinajstić information content (AvgIpc) is 3.21. The lowest BCUT2D eigenvalue weighted by atomic mass is 10.1. The minimum Gasteiger partial charge on any atom is -0.480 e. The minimum atomic E-state index is -4.97. The van der Waals surface area contributed by atoms with Gasteiger partial charge in [-0.1, -0.05) is 25.5 Å². The molecule has 24 nitrogen and oxygen atoms in total. The number of rotatable bonds is 17. The number of hydrogen-bond donors (Lipinski definition) is 8. The maximum Gasteiger partial charge on any atom is 0.326 e. The summed E-state index contributed by atoms with van der Waals surface area (Å²) in [5.74, 6) is -2.01. The van der Waals surface area contributed by atoms with Gasteiger partial charge in [0.25, 0.3) is 40.5 Å². The van der Waals surface area contributed by atoms with Gasteiger partial charge in [0.1, 0.15) is 20.7 Å². The molecule has 1 aromatic heterocycles. The zero-order chi connectivity index (χ0) is 46.6. The predicted molar refractivity (Wildman–Crippen MR) is 227 cm³/mol. The van der Waals surface area contributed by atoms with Crippen molar-refractivity contribution in [3.63, 3.8) is 0 Å². The largest absolute Gasteiger partial charge is 0.480 e. The first-order chi connectivity index (χ1) is 30.0. The van der Waals surface area contributed by atoms with Crippen molar-refractivity contribution in [2.75, 3.05) is 16.0 Å². The molecule has 0 spiro atoms. The number of aliphatic carboxylic acids is 1. The first-order valence-corrected chi connectivity index (χ1v) is 23.7. The fourth-order valence-corrected chi connectivity index (χ4v) is 8.30. The summed E-state index contributed by atoms with van der Waals surface area (Å²) in [6.07, 6.45) is 0.620. The highest BCUT2D eigenvalue weighted by molar-refractivity contribution is 7.87. The van der Waals surface area contributed by atoms with E-state index in [0.29, 0.717) is 12.1 Å². The van der Waals surface area contributed by atoms with Crippen molar-refractivity contribution in [1.82, 2.24) is 15.0 Å². The molecular formula is C36H32N10O14S4. The van der Waals surface area contributed by atoms with Crippen molar-refractivity contribution in [1.29, 1.82) is 0 Å². The van der Waals surface area contributed by atoms with Gasteiger partial charge in [0, 0.05) is 16.5 Å². The van der Waals surface area contributed by atoms with Crippen LogP contribution in [-0.4, -0.2) is 84.0 Å². The molecule has 0 amide bonds. The standard InChI is InChI=1S/C36H32N10O14S4/c1-2-4-29(33(47)48)39-36-41-34(40-35(42-36)38-28-16-13-23(18-32(28)64(58,59)60)45-43-22-11-14-25(15-12-22)61(49,50)51)37-20-7-9-21(10-8-20)44-46-24-17-27-26(31(19-24)63(55,56)57)5-3-6-30(27)62(52,53)54/h3,5-19,29H,2,4H2,1H3,(H,47,48)(H,49,50,51)(H,52,53,54)(H,55,56,57)(H,58,59,60)(H3,37,38,39,40,41,42). The molecule has 0 fully saturated rings. The molecule has 5 aromatic carbocycles. The zero-order valence-electron chi connectivity index (χ0n) is 32.4. The molecule has 0 aliphatic heterocycles. The SMILES string of the molecule is CCCC(Nc1nc(Nc2ccc(N=Nc3cc(S(=O)(=O)O)c4cccc(S(=O)(=O)O)c4c3)cc2)nc(Nc2ccc(N=Nc3ccc(S(=O)(=O)O)cc3)cc2S(=O)(=O)O)n1)C(=O)O. The lowest BCUT2D eigenvalue weighted by molar-refractivity contribution is -0.138. The quantitative estimate of drug-likeness (QED) is 0.0337. The molecule has 6 aromatic rings. The second-order valence-electron chi connectivity index (χ2n) is 13.2. The second-order valence-corrected chi connectivity index (χ2v) is 18.8. The average molecular weight is 957 g/mol. The molecule has 0 aliphatic carbocycles. The van der Waals surface area contributed by atoms with Gasteiger partial charge in [-0.15, -0.1) is 0 Å². The lowest BCUT2D eigenvalue weighted by Gasteiger charge is -2.16. The number of fused-ring (bicyclic) bond motifs is 1. The van der Waals surface area contributed by atoms with E-state index in [2.05, 4.69) is 51.4 Å². The van der Waals surface area contributed by atoms with E-state index in [-0.39, 0.29) is 63.5 Å². The van der Waals surface area contributed by atoms with E-state index < -0.39 is 72.1 Å². The minimum absolute atomic E-state index is 0.0735. The maximum absolute atomic E-state index is 12.5. The van der Waals surface area contributed by atoms with Gasteiger partial charge >= 0.3 is 5.97 Å². The smallest absolute Gasteiger partial charge is 0.326 e. The molecule has 64 heavy (non-hydrogen) atoms. The first-order valence-electron chi connectivity index (χ1n) is 17.9. The first kappa shape index (κ1) is 46.6. The highest BCUT2D eigenvalue weighted by Crippen LogP contribution is 2.35. The molecule has 0 aliphatic rings. The summed E-state index contributed by atoms with van der Waals surface area (Å²) in [6, 6.07) is 18.3. The molecule has 1 unspecified atom stereocenters. The third kappa shape index (κ3) is 11.8. The Morgan fingerprint density at radius 1 is 0.562 bits per heavy atom. The Kier molecular flexibility index (Phi) is 13.4.